The minimum absolute atomic E-state index is 0.0683. The van der Waals surface area contributed by atoms with Gasteiger partial charge >= 0.3 is 0 Å². The molecule has 0 saturated heterocycles. The Morgan fingerprint density at radius 3 is 2.45 bits per heavy atom. The lowest BCUT2D eigenvalue weighted by Crippen LogP contribution is -2.24. The molecule has 0 spiro atoms. The van der Waals surface area contributed by atoms with E-state index in [2.05, 4.69) is 0 Å². The minimum atomic E-state index is -2.77. The van der Waals surface area contributed by atoms with Crippen LogP contribution in [0.5, 0.6) is 0 Å². The third-order valence-corrected chi connectivity index (χ3v) is 4.50. The average Bonchev–Trinajstić information content (AvgIpc) is 2.42. The van der Waals surface area contributed by atoms with Gasteiger partial charge in [-0.15, -0.1) is 0 Å². The summed E-state index contributed by atoms with van der Waals surface area (Å²) < 4.78 is 22.4. The molecule has 63 valence electrons. The minimum Gasteiger partial charge on any atom is -0.229 e. The Hall–Kier alpha value is -0.0500. The fourth-order valence-corrected chi connectivity index (χ4v) is 3.85. The average molecular weight is 173 g/mol. The fraction of sp³-hybridized carbons (Fsp3) is 0.875. The first-order valence-electron chi connectivity index (χ1n) is 4.11. The molecular weight excluding hydrogens is 160 g/mol. The van der Waals surface area contributed by atoms with Gasteiger partial charge < -0.3 is 0 Å². The Morgan fingerprint density at radius 1 is 1.45 bits per heavy atom. The number of fused-ring (bicyclic) bond motifs is 2. The fourth-order valence-electron chi connectivity index (χ4n) is 2.41. The lowest BCUT2D eigenvalue weighted by atomic mass is 10.0. The van der Waals surface area contributed by atoms with Crippen LogP contribution in [0.4, 0.5) is 0 Å². The molecule has 2 rings (SSSR count). The van der Waals surface area contributed by atoms with E-state index in [9.17, 15) is 8.42 Å². The van der Waals surface area contributed by atoms with Crippen molar-refractivity contribution in [3.05, 3.63) is 5.92 Å². The van der Waals surface area contributed by atoms with Crippen molar-refractivity contribution in [2.75, 3.05) is 6.26 Å². The molecule has 2 aliphatic rings. The summed E-state index contributed by atoms with van der Waals surface area (Å²) in [7, 11) is -2.77. The Labute approximate surface area is 67.9 Å². The molecule has 11 heavy (non-hydrogen) atoms. The number of hydrogen-bond acceptors (Lipinski definition) is 2. The van der Waals surface area contributed by atoms with E-state index in [1.807, 2.05) is 0 Å². The SMILES string of the molecule is CS(=O)(=O)C1CC2CC[C]1C2. The van der Waals surface area contributed by atoms with E-state index >= 15 is 0 Å². The van der Waals surface area contributed by atoms with Gasteiger partial charge in [-0.25, -0.2) is 8.42 Å². The zero-order chi connectivity index (χ0) is 8.06. The molecule has 0 aromatic heterocycles. The highest BCUT2D eigenvalue weighted by molar-refractivity contribution is 7.91. The first-order valence-corrected chi connectivity index (χ1v) is 6.06. The summed E-state index contributed by atoms with van der Waals surface area (Å²) in [6, 6.07) is 0. The molecule has 0 amide bonds. The summed E-state index contributed by atoms with van der Waals surface area (Å²) in [5, 5.41) is -0.0683. The zero-order valence-corrected chi connectivity index (χ0v) is 7.52. The van der Waals surface area contributed by atoms with Gasteiger partial charge in [-0.2, -0.15) is 0 Å². The number of rotatable bonds is 1. The van der Waals surface area contributed by atoms with Crippen LogP contribution < -0.4 is 0 Å². The van der Waals surface area contributed by atoms with Crippen LogP contribution >= 0.6 is 0 Å². The van der Waals surface area contributed by atoms with E-state index in [1.165, 1.54) is 18.6 Å². The normalized spacial score (nSPS) is 38.3. The molecule has 0 N–H and O–H groups in total. The summed E-state index contributed by atoms with van der Waals surface area (Å²) in [6.07, 6.45) is 5.68. The monoisotopic (exact) mass is 173 g/mol. The number of sulfone groups is 1. The van der Waals surface area contributed by atoms with Crippen molar-refractivity contribution in [1.82, 2.24) is 0 Å². The van der Waals surface area contributed by atoms with Gasteiger partial charge in [0.1, 0.15) is 0 Å². The van der Waals surface area contributed by atoms with E-state index in [0.29, 0.717) is 5.92 Å². The standard InChI is InChI=1S/C8H13O2S/c1-11(9,10)8-5-6-2-3-7(8)4-6/h6,8H,2-5H2,1H3. The van der Waals surface area contributed by atoms with Crippen molar-refractivity contribution in [3.8, 4) is 0 Å². The van der Waals surface area contributed by atoms with Gasteiger partial charge in [0.15, 0.2) is 9.84 Å². The molecule has 2 fully saturated rings. The Balaban J connectivity index is 2.21. The first-order chi connectivity index (χ1) is 5.07. The summed E-state index contributed by atoms with van der Waals surface area (Å²) in [4.78, 5) is 0. The molecule has 2 nitrogen and oxygen atoms in total. The summed E-state index contributed by atoms with van der Waals surface area (Å²) in [5.74, 6) is 2.00. The van der Waals surface area contributed by atoms with Crippen molar-refractivity contribution in [1.29, 1.82) is 0 Å². The summed E-state index contributed by atoms with van der Waals surface area (Å²) >= 11 is 0. The predicted molar refractivity (Wildman–Crippen MR) is 43.8 cm³/mol. The van der Waals surface area contributed by atoms with Crippen LogP contribution in [0.15, 0.2) is 0 Å². The van der Waals surface area contributed by atoms with Crippen LogP contribution in [0.2, 0.25) is 0 Å². The third-order valence-electron chi connectivity index (χ3n) is 2.94. The Morgan fingerprint density at radius 2 is 2.18 bits per heavy atom. The van der Waals surface area contributed by atoms with Crippen LogP contribution in [-0.4, -0.2) is 19.9 Å². The van der Waals surface area contributed by atoms with E-state index in [1.54, 1.807) is 0 Å². The predicted octanol–water partition coefficient (Wildman–Crippen LogP) is 1.18. The van der Waals surface area contributed by atoms with Gasteiger partial charge in [0.2, 0.25) is 0 Å². The topological polar surface area (TPSA) is 34.1 Å². The van der Waals surface area contributed by atoms with Crippen molar-refractivity contribution >= 4 is 9.84 Å². The molecule has 3 heteroatoms. The molecule has 2 aliphatic carbocycles. The van der Waals surface area contributed by atoms with E-state index in [0.717, 1.165) is 19.3 Å². The molecule has 2 bridgehead atoms. The molecule has 0 heterocycles. The van der Waals surface area contributed by atoms with Crippen LogP contribution in [0.3, 0.4) is 0 Å². The van der Waals surface area contributed by atoms with Crippen molar-refractivity contribution in [3.63, 3.8) is 0 Å². The van der Waals surface area contributed by atoms with Crippen molar-refractivity contribution in [2.45, 2.75) is 30.9 Å². The second-order valence-electron chi connectivity index (χ2n) is 3.82. The van der Waals surface area contributed by atoms with Gasteiger partial charge in [-0.1, -0.05) is 0 Å². The number of hydrogen-bond donors (Lipinski definition) is 0. The van der Waals surface area contributed by atoms with E-state index < -0.39 is 9.84 Å². The lowest BCUT2D eigenvalue weighted by Gasteiger charge is -2.18. The molecule has 0 aromatic carbocycles. The second-order valence-corrected chi connectivity index (χ2v) is 6.05. The van der Waals surface area contributed by atoms with Gasteiger partial charge in [0, 0.05) is 6.26 Å². The van der Waals surface area contributed by atoms with Crippen LogP contribution in [0, 0.1) is 11.8 Å². The summed E-state index contributed by atoms with van der Waals surface area (Å²) in [6.45, 7) is 0. The second kappa shape index (κ2) is 2.22. The maximum atomic E-state index is 11.2. The van der Waals surface area contributed by atoms with Gasteiger partial charge in [0.05, 0.1) is 5.25 Å². The van der Waals surface area contributed by atoms with Crippen LogP contribution in [0.1, 0.15) is 25.7 Å². The zero-order valence-electron chi connectivity index (χ0n) is 6.71. The van der Waals surface area contributed by atoms with E-state index in [4.69, 9.17) is 0 Å². The van der Waals surface area contributed by atoms with Gasteiger partial charge in [-0.3, -0.25) is 0 Å². The van der Waals surface area contributed by atoms with Crippen molar-refractivity contribution < 1.29 is 8.42 Å². The molecular formula is C8H13O2S. The molecule has 0 aromatic rings. The van der Waals surface area contributed by atoms with Crippen LogP contribution in [-0.2, 0) is 9.84 Å². The molecule has 2 saturated carbocycles. The highest BCUT2D eigenvalue weighted by atomic mass is 32.2. The van der Waals surface area contributed by atoms with Crippen molar-refractivity contribution in [2.24, 2.45) is 5.92 Å². The third kappa shape index (κ3) is 1.19. The Kier molecular flexibility index (Phi) is 1.53. The largest absolute Gasteiger partial charge is 0.229 e. The molecule has 1 radical (unpaired) electrons. The van der Waals surface area contributed by atoms with Crippen LogP contribution in [0.25, 0.3) is 0 Å². The first kappa shape index (κ1) is 7.59. The quantitative estimate of drug-likeness (QED) is 0.596. The molecule has 2 atom stereocenters. The Bertz CT molecular complexity index is 255. The highest BCUT2D eigenvalue weighted by Crippen LogP contribution is 2.48. The van der Waals surface area contributed by atoms with Gasteiger partial charge in [0.25, 0.3) is 0 Å². The summed E-state index contributed by atoms with van der Waals surface area (Å²) in [5.41, 5.74) is 0. The highest BCUT2D eigenvalue weighted by Gasteiger charge is 2.44. The smallest absolute Gasteiger partial charge is 0.150 e. The molecule has 0 aliphatic heterocycles. The molecule has 2 unspecified atom stereocenters. The maximum absolute atomic E-state index is 11.2. The lowest BCUT2D eigenvalue weighted by molar-refractivity contribution is 0.513. The van der Waals surface area contributed by atoms with E-state index in [-0.39, 0.29) is 5.25 Å². The van der Waals surface area contributed by atoms with Gasteiger partial charge in [-0.05, 0) is 37.5 Å². The maximum Gasteiger partial charge on any atom is 0.150 e.